The van der Waals surface area contributed by atoms with Crippen LogP contribution in [0.3, 0.4) is 0 Å². The van der Waals surface area contributed by atoms with Crippen LogP contribution in [0.1, 0.15) is 43.7 Å². The number of rotatable bonds is 4. The number of likely N-dealkylation sites (tertiary alicyclic amines) is 1. The monoisotopic (exact) mass is 508 g/mol. The topological polar surface area (TPSA) is 96.4 Å². The maximum atomic E-state index is 14.4. The summed E-state index contributed by atoms with van der Waals surface area (Å²) in [4.78, 5) is 45.2. The molecular weight excluding hydrogens is 472 g/mol. The van der Waals surface area contributed by atoms with Gasteiger partial charge < -0.3 is 24.4 Å². The number of fused-ring (bicyclic) bond motifs is 2. The highest BCUT2D eigenvalue weighted by molar-refractivity contribution is 6.06. The summed E-state index contributed by atoms with van der Waals surface area (Å²) in [5.41, 5.74) is 0.273. The lowest BCUT2D eigenvalue weighted by atomic mass is 9.73. The van der Waals surface area contributed by atoms with Crippen molar-refractivity contribution in [3.05, 3.63) is 53.6 Å². The molecule has 1 spiro atoms. The van der Waals surface area contributed by atoms with E-state index in [2.05, 4.69) is 0 Å². The van der Waals surface area contributed by atoms with Gasteiger partial charge in [-0.15, -0.1) is 0 Å². The summed E-state index contributed by atoms with van der Waals surface area (Å²) in [7, 11) is 0. The van der Waals surface area contributed by atoms with Crippen LogP contribution in [0, 0.1) is 25.7 Å². The van der Waals surface area contributed by atoms with Gasteiger partial charge in [0.1, 0.15) is 23.2 Å². The zero-order valence-corrected chi connectivity index (χ0v) is 21.8. The van der Waals surface area contributed by atoms with Crippen molar-refractivity contribution in [1.29, 1.82) is 0 Å². The van der Waals surface area contributed by atoms with Crippen LogP contribution in [0.4, 0.5) is 5.69 Å². The number of esters is 1. The number of para-hydroxylation sites is 1. The Labute approximate surface area is 217 Å². The Morgan fingerprint density at radius 2 is 1.78 bits per heavy atom. The zero-order valence-electron chi connectivity index (χ0n) is 21.8. The molecule has 0 saturated carbocycles. The second kappa shape index (κ2) is 9.72. The van der Waals surface area contributed by atoms with Crippen molar-refractivity contribution in [2.24, 2.45) is 11.8 Å². The van der Waals surface area contributed by atoms with Crippen molar-refractivity contribution in [2.75, 3.05) is 31.2 Å². The summed E-state index contributed by atoms with van der Waals surface area (Å²) in [5.74, 6) is -2.93. The van der Waals surface area contributed by atoms with Crippen LogP contribution in [-0.4, -0.2) is 71.3 Å². The fourth-order valence-corrected chi connectivity index (χ4v) is 6.82. The molecule has 5 rings (SSSR count). The Bertz CT molecular complexity index is 1140. The van der Waals surface area contributed by atoms with Gasteiger partial charge in [-0.3, -0.25) is 14.4 Å². The molecule has 1 unspecified atom stereocenters. The Morgan fingerprint density at radius 3 is 2.49 bits per heavy atom. The second-order valence-electron chi connectivity index (χ2n) is 10.5. The molecule has 1 aromatic rings. The van der Waals surface area contributed by atoms with Crippen molar-refractivity contribution >= 4 is 23.5 Å². The van der Waals surface area contributed by atoms with Gasteiger partial charge in [0.25, 0.3) is 5.91 Å². The van der Waals surface area contributed by atoms with Crippen LogP contribution < -0.4 is 4.90 Å². The minimum absolute atomic E-state index is 0.0258. The molecular formula is C29H36N2O6. The molecule has 4 heterocycles. The molecule has 1 N–H and O–H groups in total. The number of allylic oxidation sites excluding steroid dienone is 1. The quantitative estimate of drug-likeness (QED) is 0.496. The fraction of sp³-hybridized carbons (Fsp3) is 0.552. The van der Waals surface area contributed by atoms with E-state index in [0.29, 0.717) is 13.0 Å². The molecule has 4 aliphatic heterocycles. The van der Waals surface area contributed by atoms with E-state index in [-0.39, 0.29) is 31.6 Å². The first-order valence-corrected chi connectivity index (χ1v) is 13.3. The van der Waals surface area contributed by atoms with E-state index in [9.17, 15) is 19.5 Å². The minimum atomic E-state index is -1.35. The summed E-state index contributed by atoms with van der Waals surface area (Å²) >= 11 is 0. The van der Waals surface area contributed by atoms with E-state index >= 15 is 0 Å². The molecule has 0 aromatic heterocycles. The molecule has 5 atom stereocenters. The van der Waals surface area contributed by atoms with Gasteiger partial charge in [0.05, 0.1) is 19.1 Å². The number of hydrogen-bond acceptors (Lipinski definition) is 6. The average Bonchev–Trinajstić information content (AvgIpc) is 3.22. The highest BCUT2D eigenvalue weighted by Gasteiger charge is 2.75. The lowest BCUT2D eigenvalue weighted by Gasteiger charge is -2.38. The van der Waals surface area contributed by atoms with Gasteiger partial charge in [0.15, 0.2) is 0 Å². The summed E-state index contributed by atoms with van der Waals surface area (Å²) < 4.78 is 12.6. The number of β-amino-alcohol motifs (C(OH)–C–C–N with tert-alkyl or cyclic N) is 1. The van der Waals surface area contributed by atoms with Crippen LogP contribution in [0.25, 0.3) is 0 Å². The summed E-state index contributed by atoms with van der Waals surface area (Å²) in [5, 5.41) is 9.87. The third-order valence-electron chi connectivity index (χ3n) is 8.43. The van der Waals surface area contributed by atoms with Crippen molar-refractivity contribution in [3.8, 4) is 0 Å². The van der Waals surface area contributed by atoms with E-state index in [1.165, 1.54) is 4.90 Å². The molecule has 0 aliphatic carbocycles. The molecule has 8 heteroatoms. The van der Waals surface area contributed by atoms with Crippen LogP contribution in [-0.2, 0) is 23.9 Å². The minimum Gasteiger partial charge on any atom is -0.465 e. The molecule has 198 valence electrons. The Hall–Kier alpha value is -2.97. The van der Waals surface area contributed by atoms with E-state index in [1.807, 2.05) is 63.3 Å². The van der Waals surface area contributed by atoms with Gasteiger partial charge in [0.2, 0.25) is 5.91 Å². The van der Waals surface area contributed by atoms with Gasteiger partial charge in [-0.25, -0.2) is 0 Å². The van der Waals surface area contributed by atoms with Crippen LogP contribution >= 0.6 is 0 Å². The number of anilines is 1. The number of aliphatic hydroxyl groups excluding tert-OH is 1. The molecule has 1 aromatic carbocycles. The number of aryl methyl sites for hydroxylation is 2. The maximum Gasteiger partial charge on any atom is 0.313 e. The van der Waals surface area contributed by atoms with Crippen molar-refractivity contribution in [3.63, 3.8) is 0 Å². The lowest BCUT2D eigenvalue weighted by Crippen LogP contribution is -2.56. The molecule has 0 bridgehead atoms. The Morgan fingerprint density at radius 1 is 1.03 bits per heavy atom. The highest BCUT2D eigenvalue weighted by atomic mass is 16.6. The van der Waals surface area contributed by atoms with Gasteiger partial charge in [-0.1, -0.05) is 49.4 Å². The van der Waals surface area contributed by atoms with Crippen molar-refractivity contribution in [2.45, 2.75) is 63.7 Å². The predicted octanol–water partition coefficient (Wildman–Crippen LogP) is 2.84. The SMILES string of the molecule is CC[C@]12/C=C\CCCCOC(=O)[C@H]1[C@H]1C(=O)N(CCO)C3C(=O)N(c4c(C)cccc4C)CC=C[C@@]31O2. The number of ether oxygens (including phenoxy) is 2. The number of cyclic esters (lactones) is 1. The molecule has 37 heavy (non-hydrogen) atoms. The third kappa shape index (κ3) is 3.84. The first kappa shape index (κ1) is 25.7. The second-order valence-corrected chi connectivity index (χ2v) is 10.5. The van der Waals surface area contributed by atoms with Crippen LogP contribution in [0.15, 0.2) is 42.5 Å². The number of amides is 2. The van der Waals surface area contributed by atoms with E-state index in [4.69, 9.17) is 9.47 Å². The standard InChI is InChI=1S/C29H36N2O6/c1-4-28-13-7-5-6-8-18-36-27(35)22(28)21-25(33)31(16-17-32)24-26(34)30(15-10-14-29(21,24)37-28)23-19(2)11-9-12-20(23)3/h7,9-14,21-22,24,32H,4-6,8,15-18H2,1-3H3/b13-7-/t21-,22+,24?,28-,29-/m0/s1. The predicted molar refractivity (Wildman–Crippen MR) is 138 cm³/mol. The molecule has 2 fully saturated rings. The number of benzene rings is 1. The van der Waals surface area contributed by atoms with Crippen LogP contribution in [0.5, 0.6) is 0 Å². The van der Waals surface area contributed by atoms with Gasteiger partial charge in [0, 0.05) is 18.8 Å². The number of carbonyl (C=O) groups is 3. The average molecular weight is 509 g/mol. The van der Waals surface area contributed by atoms with Gasteiger partial charge in [-0.05, 0) is 50.7 Å². The molecule has 0 radical (unpaired) electrons. The maximum absolute atomic E-state index is 14.4. The van der Waals surface area contributed by atoms with E-state index in [0.717, 1.165) is 36.1 Å². The number of hydrogen-bond donors (Lipinski definition) is 1. The van der Waals surface area contributed by atoms with Crippen LogP contribution in [0.2, 0.25) is 0 Å². The largest absolute Gasteiger partial charge is 0.465 e. The first-order valence-electron chi connectivity index (χ1n) is 13.3. The van der Waals surface area contributed by atoms with E-state index in [1.54, 1.807) is 4.90 Å². The molecule has 2 amide bonds. The smallest absolute Gasteiger partial charge is 0.313 e. The van der Waals surface area contributed by atoms with Crippen molar-refractivity contribution < 1.29 is 29.0 Å². The third-order valence-corrected chi connectivity index (χ3v) is 8.43. The summed E-state index contributed by atoms with van der Waals surface area (Å²) in [6, 6.07) is 4.85. The van der Waals surface area contributed by atoms with E-state index < -0.39 is 35.0 Å². The molecule has 8 nitrogen and oxygen atoms in total. The fourth-order valence-electron chi connectivity index (χ4n) is 6.82. The Kier molecular flexibility index (Phi) is 6.75. The van der Waals surface area contributed by atoms with Gasteiger partial charge >= 0.3 is 5.97 Å². The normalized spacial score (nSPS) is 34.5. The number of nitrogens with zero attached hydrogens (tertiary/aromatic N) is 2. The molecule has 4 aliphatic rings. The first-order chi connectivity index (χ1) is 17.8. The lowest BCUT2D eigenvalue weighted by molar-refractivity contribution is -0.160. The summed E-state index contributed by atoms with van der Waals surface area (Å²) in [6.07, 6.45) is 10.6. The summed E-state index contributed by atoms with van der Waals surface area (Å²) in [6.45, 7) is 6.12. The van der Waals surface area contributed by atoms with Gasteiger partial charge in [-0.2, -0.15) is 0 Å². The molecule has 2 saturated heterocycles. The Balaban J connectivity index is 1.68. The highest BCUT2D eigenvalue weighted by Crippen LogP contribution is 2.58. The number of carbonyl (C=O) groups excluding carboxylic acids is 3. The number of aliphatic hydroxyl groups is 1. The van der Waals surface area contributed by atoms with Crippen molar-refractivity contribution in [1.82, 2.24) is 4.90 Å². The zero-order chi connectivity index (χ0) is 26.4.